The van der Waals surface area contributed by atoms with E-state index in [0.717, 1.165) is 40.1 Å². The minimum atomic E-state index is -0.0517. The van der Waals surface area contributed by atoms with Crippen molar-refractivity contribution in [3.63, 3.8) is 0 Å². The average Bonchev–Trinajstić information content (AvgIpc) is 3.39. The lowest BCUT2D eigenvalue weighted by Crippen LogP contribution is -2.21. The van der Waals surface area contributed by atoms with E-state index in [-0.39, 0.29) is 5.91 Å². The van der Waals surface area contributed by atoms with E-state index < -0.39 is 0 Å². The molecular weight excluding hydrogens is 410 g/mol. The molecule has 0 atom stereocenters. The van der Waals surface area contributed by atoms with Crippen LogP contribution in [0.5, 0.6) is 0 Å². The lowest BCUT2D eigenvalue weighted by atomic mass is 10.2. The quantitative estimate of drug-likeness (QED) is 0.503. The largest absolute Gasteiger partial charge is 0.370 e. The van der Waals surface area contributed by atoms with Crippen LogP contribution in [0.2, 0.25) is 5.02 Å². The van der Waals surface area contributed by atoms with Crippen molar-refractivity contribution in [2.75, 3.05) is 29.1 Å². The molecular formula is C21H20ClN3OS2. The Morgan fingerprint density at radius 3 is 2.75 bits per heavy atom. The summed E-state index contributed by atoms with van der Waals surface area (Å²) in [5.41, 5.74) is 3.86. The number of hydrogen-bond donors (Lipinski definition) is 1. The third kappa shape index (κ3) is 4.69. The minimum Gasteiger partial charge on any atom is -0.370 e. The lowest BCUT2D eigenvalue weighted by Gasteiger charge is -2.21. The number of anilines is 2. The van der Waals surface area contributed by atoms with Crippen molar-refractivity contribution in [1.82, 2.24) is 4.98 Å². The molecule has 1 amide bonds. The van der Waals surface area contributed by atoms with Gasteiger partial charge in [0.1, 0.15) is 0 Å². The standard InChI is InChI=1S/C21H20ClN3OS2/c22-16-8-9-19(25-10-4-5-11-25)17(12-16)23-20(26)14-28-21-24-18(13-27-21)15-6-2-1-3-7-15/h1-3,6-9,12-13H,4-5,10-11,14H2,(H,23,26). The molecule has 0 saturated carbocycles. The highest BCUT2D eigenvalue weighted by Crippen LogP contribution is 2.32. The average molecular weight is 430 g/mol. The number of carbonyl (C=O) groups is 1. The molecule has 1 aliphatic rings. The van der Waals surface area contributed by atoms with Gasteiger partial charge in [0.2, 0.25) is 5.91 Å². The van der Waals surface area contributed by atoms with Crippen LogP contribution in [0.4, 0.5) is 11.4 Å². The van der Waals surface area contributed by atoms with Gasteiger partial charge in [-0.2, -0.15) is 0 Å². The van der Waals surface area contributed by atoms with Gasteiger partial charge >= 0.3 is 0 Å². The van der Waals surface area contributed by atoms with Gasteiger partial charge in [-0.15, -0.1) is 11.3 Å². The van der Waals surface area contributed by atoms with Gasteiger partial charge in [-0.1, -0.05) is 53.7 Å². The smallest absolute Gasteiger partial charge is 0.234 e. The van der Waals surface area contributed by atoms with Crippen molar-refractivity contribution < 1.29 is 4.79 Å². The van der Waals surface area contributed by atoms with E-state index in [4.69, 9.17) is 11.6 Å². The van der Waals surface area contributed by atoms with Crippen LogP contribution in [0, 0.1) is 0 Å². The fraction of sp³-hybridized carbons (Fsp3) is 0.238. The molecule has 7 heteroatoms. The summed E-state index contributed by atoms with van der Waals surface area (Å²) in [5.74, 6) is 0.262. The molecule has 1 N–H and O–H groups in total. The second-order valence-electron chi connectivity index (χ2n) is 6.56. The van der Waals surface area contributed by atoms with E-state index in [1.165, 1.54) is 24.6 Å². The zero-order chi connectivity index (χ0) is 19.3. The van der Waals surface area contributed by atoms with Gasteiger partial charge in [-0.05, 0) is 31.0 Å². The molecule has 144 valence electrons. The molecule has 1 saturated heterocycles. The van der Waals surface area contributed by atoms with E-state index in [0.29, 0.717) is 10.8 Å². The van der Waals surface area contributed by atoms with Gasteiger partial charge in [0.05, 0.1) is 22.8 Å². The molecule has 4 rings (SSSR count). The number of aromatic nitrogens is 1. The van der Waals surface area contributed by atoms with Crippen molar-refractivity contribution in [3.05, 3.63) is 58.9 Å². The summed E-state index contributed by atoms with van der Waals surface area (Å²) in [6.45, 7) is 2.03. The van der Waals surface area contributed by atoms with Gasteiger partial charge in [0.15, 0.2) is 4.34 Å². The molecule has 2 aromatic carbocycles. The molecule has 0 unspecified atom stereocenters. The number of rotatable bonds is 6. The van der Waals surface area contributed by atoms with E-state index in [1.807, 2.05) is 53.9 Å². The molecule has 0 bridgehead atoms. The third-order valence-corrected chi connectivity index (χ3v) is 6.81. The van der Waals surface area contributed by atoms with Gasteiger partial charge in [0.25, 0.3) is 0 Å². The fourth-order valence-corrected chi connectivity index (χ4v) is 5.03. The van der Waals surface area contributed by atoms with Crippen LogP contribution in [0.25, 0.3) is 11.3 Å². The van der Waals surface area contributed by atoms with Crippen molar-refractivity contribution >= 4 is 52.0 Å². The molecule has 1 aromatic heterocycles. The minimum absolute atomic E-state index is 0.0517. The van der Waals surface area contributed by atoms with Crippen molar-refractivity contribution in [2.24, 2.45) is 0 Å². The Balaban J connectivity index is 1.39. The molecule has 3 aromatic rings. The first-order valence-corrected chi connectivity index (χ1v) is 11.4. The maximum Gasteiger partial charge on any atom is 0.234 e. The lowest BCUT2D eigenvalue weighted by molar-refractivity contribution is -0.113. The molecule has 4 nitrogen and oxygen atoms in total. The summed E-state index contributed by atoms with van der Waals surface area (Å²) in [5, 5.41) is 5.68. The van der Waals surface area contributed by atoms with Gasteiger partial charge in [-0.25, -0.2) is 4.98 Å². The summed E-state index contributed by atoms with van der Waals surface area (Å²) in [6, 6.07) is 15.8. The maximum atomic E-state index is 12.5. The fourth-order valence-electron chi connectivity index (χ4n) is 3.22. The van der Waals surface area contributed by atoms with Crippen molar-refractivity contribution in [1.29, 1.82) is 0 Å². The number of hydrogen-bond acceptors (Lipinski definition) is 5. The first-order valence-electron chi connectivity index (χ1n) is 9.17. The van der Waals surface area contributed by atoms with Crippen LogP contribution in [0.1, 0.15) is 12.8 Å². The normalized spacial score (nSPS) is 13.7. The number of carbonyl (C=O) groups excluding carboxylic acids is 1. The highest BCUT2D eigenvalue weighted by molar-refractivity contribution is 8.01. The number of thiazole rings is 1. The third-order valence-electron chi connectivity index (χ3n) is 4.56. The van der Waals surface area contributed by atoms with Crippen molar-refractivity contribution in [2.45, 2.75) is 17.2 Å². The van der Waals surface area contributed by atoms with Crippen molar-refractivity contribution in [3.8, 4) is 11.3 Å². The van der Waals surface area contributed by atoms with Crippen LogP contribution >= 0.6 is 34.7 Å². The SMILES string of the molecule is O=C(CSc1nc(-c2ccccc2)cs1)Nc1cc(Cl)ccc1N1CCCC1. The van der Waals surface area contributed by atoms with Crippen LogP contribution < -0.4 is 10.2 Å². The number of nitrogens with one attached hydrogen (secondary N) is 1. The van der Waals surface area contributed by atoms with Crippen LogP contribution in [-0.4, -0.2) is 29.7 Å². The van der Waals surface area contributed by atoms with Crippen LogP contribution in [0.15, 0.2) is 58.3 Å². The Hall–Kier alpha value is -2.02. The molecule has 0 spiro atoms. The first kappa shape index (κ1) is 19.3. The number of amides is 1. The highest BCUT2D eigenvalue weighted by Gasteiger charge is 2.17. The van der Waals surface area contributed by atoms with Gasteiger partial charge in [0, 0.05) is 29.1 Å². The zero-order valence-electron chi connectivity index (χ0n) is 15.2. The van der Waals surface area contributed by atoms with E-state index in [2.05, 4.69) is 15.2 Å². The molecule has 1 fully saturated rings. The summed E-state index contributed by atoms with van der Waals surface area (Å²) in [6.07, 6.45) is 2.36. The molecule has 2 heterocycles. The molecule has 0 radical (unpaired) electrons. The summed E-state index contributed by atoms with van der Waals surface area (Å²) in [4.78, 5) is 19.4. The summed E-state index contributed by atoms with van der Waals surface area (Å²) in [7, 11) is 0. The second-order valence-corrected chi connectivity index (χ2v) is 9.07. The molecule has 28 heavy (non-hydrogen) atoms. The topological polar surface area (TPSA) is 45.2 Å². The summed E-state index contributed by atoms with van der Waals surface area (Å²) < 4.78 is 0.889. The Labute approximate surface area is 177 Å². The van der Waals surface area contributed by atoms with Crippen LogP contribution in [-0.2, 0) is 4.79 Å². The number of benzene rings is 2. The van der Waals surface area contributed by atoms with E-state index in [1.54, 1.807) is 11.3 Å². The summed E-state index contributed by atoms with van der Waals surface area (Å²) >= 11 is 9.17. The maximum absolute atomic E-state index is 12.5. The zero-order valence-corrected chi connectivity index (χ0v) is 17.6. The van der Waals surface area contributed by atoms with E-state index >= 15 is 0 Å². The first-order chi connectivity index (χ1) is 13.7. The Kier molecular flexibility index (Phi) is 6.20. The monoisotopic (exact) mass is 429 g/mol. The highest BCUT2D eigenvalue weighted by atomic mass is 35.5. The Morgan fingerprint density at radius 1 is 1.18 bits per heavy atom. The van der Waals surface area contributed by atoms with Crippen LogP contribution in [0.3, 0.4) is 0 Å². The predicted molar refractivity (Wildman–Crippen MR) is 120 cm³/mol. The Bertz CT molecular complexity index is 955. The number of halogens is 1. The Morgan fingerprint density at radius 2 is 1.96 bits per heavy atom. The van der Waals surface area contributed by atoms with Gasteiger partial charge in [-0.3, -0.25) is 4.79 Å². The number of thioether (sulfide) groups is 1. The van der Waals surface area contributed by atoms with Gasteiger partial charge < -0.3 is 10.2 Å². The second kappa shape index (κ2) is 8.99. The van der Waals surface area contributed by atoms with E-state index in [9.17, 15) is 4.79 Å². The number of nitrogens with zero attached hydrogens (tertiary/aromatic N) is 2. The molecule has 0 aliphatic carbocycles. The molecule has 1 aliphatic heterocycles. The predicted octanol–water partition coefficient (Wildman–Crippen LogP) is 5.79.